The molecule has 1 amide bonds. The van der Waals surface area contributed by atoms with Crippen LogP contribution in [0.25, 0.3) is 0 Å². The van der Waals surface area contributed by atoms with Gasteiger partial charge in [0, 0.05) is 11.4 Å². The van der Waals surface area contributed by atoms with E-state index in [1.54, 1.807) is 11.3 Å². The maximum absolute atomic E-state index is 12.7. The molecule has 1 saturated carbocycles. The number of carbonyl (C=O) groups is 1. The van der Waals surface area contributed by atoms with Gasteiger partial charge in [-0.3, -0.25) is 4.79 Å². The van der Waals surface area contributed by atoms with Crippen LogP contribution in [-0.4, -0.2) is 5.91 Å². The van der Waals surface area contributed by atoms with Crippen molar-refractivity contribution in [1.29, 1.82) is 0 Å². The molecule has 1 N–H and O–H groups in total. The molecule has 0 saturated heterocycles. The van der Waals surface area contributed by atoms with E-state index in [1.165, 1.54) is 27.1 Å². The number of amides is 1. The van der Waals surface area contributed by atoms with Crippen molar-refractivity contribution in [3.05, 3.63) is 56.3 Å². The van der Waals surface area contributed by atoms with Gasteiger partial charge in [-0.05, 0) is 59.8 Å². The molecule has 2 atom stereocenters. The van der Waals surface area contributed by atoms with Crippen molar-refractivity contribution in [2.45, 2.75) is 46.6 Å². The molecule has 1 heterocycles. The topological polar surface area (TPSA) is 29.1 Å². The average Bonchev–Trinajstić information content (AvgIpc) is 2.85. The Balaban J connectivity index is 1.54. The van der Waals surface area contributed by atoms with Gasteiger partial charge in [-0.25, -0.2) is 0 Å². The Morgan fingerprint density at radius 3 is 2.78 bits per heavy atom. The summed E-state index contributed by atoms with van der Waals surface area (Å²) >= 11 is 1.68. The fourth-order valence-corrected chi connectivity index (χ4v) is 5.53. The predicted octanol–water partition coefficient (Wildman–Crippen LogP) is 4.59. The lowest BCUT2D eigenvalue weighted by Crippen LogP contribution is -2.23. The van der Waals surface area contributed by atoms with Crippen LogP contribution >= 0.6 is 11.3 Å². The summed E-state index contributed by atoms with van der Waals surface area (Å²) in [6.45, 7) is 9.60. The van der Waals surface area contributed by atoms with Gasteiger partial charge in [-0.1, -0.05) is 38.1 Å². The highest BCUT2D eigenvalue weighted by atomic mass is 32.1. The van der Waals surface area contributed by atoms with Gasteiger partial charge in [0.25, 0.3) is 5.91 Å². The first-order valence-corrected chi connectivity index (χ1v) is 9.17. The zero-order valence-electron chi connectivity index (χ0n) is 14.2. The van der Waals surface area contributed by atoms with Crippen molar-refractivity contribution in [3.63, 3.8) is 0 Å². The molecular formula is C20H23NOS. The Morgan fingerprint density at radius 1 is 1.30 bits per heavy atom. The second kappa shape index (κ2) is 4.94. The van der Waals surface area contributed by atoms with Crippen LogP contribution in [0.5, 0.6) is 0 Å². The molecule has 0 aliphatic heterocycles. The lowest BCUT2D eigenvalue weighted by molar-refractivity contribution is 0.0954. The number of aryl methyl sites for hydroxylation is 2. The first-order chi connectivity index (χ1) is 10.9. The molecule has 0 unspecified atom stereocenters. The van der Waals surface area contributed by atoms with Gasteiger partial charge in [0.15, 0.2) is 0 Å². The molecule has 1 fully saturated rings. The monoisotopic (exact) mass is 325 g/mol. The van der Waals surface area contributed by atoms with Gasteiger partial charge in [0.05, 0.1) is 4.88 Å². The minimum atomic E-state index is 0.0988. The zero-order valence-corrected chi connectivity index (χ0v) is 15.0. The molecule has 2 nitrogen and oxygen atoms in total. The van der Waals surface area contributed by atoms with Crippen LogP contribution in [0.1, 0.15) is 56.6 Å². The molecule has 0 bridgehead atoms. The summed E-state index contributed by atoms with van der Waals surface area (Å²) in [5.41, 5.74) is 5.68. The van der Waals surface area contributed by atoms with Crippen LogP contribution in [0.4, 0.5) is 0 Å². The first-order valence-electron chi connectivity index (χ1n) is 8.36. The van der Waals surface area contributed by atoms with Crippen LogP contribution in [0.15, 0.2) is 24.3 Å². The highest BCUT2D eigenvalue weighted by Crippen LogP contribution is 2.71. The van der Waals surface area contributed by atoms with E-state index in [-0.39, 0.29) is 5.91 Å². The standard InChI is InChI=1S/C20H23NOS/c1-11-7-5-6-8-13(11)10-21-19(22)18-14-9-15-17(20(15,3)4)16(14)12(2)23-18/h5-8,15,17H,9-10H2,1-4H3,(H,21,22)/t15-,17-/m1/s1. The van der Waals surface area contributed by atoms with Crippen molar-refractivity contribution in [3.8, 4) is 0 Å². The van der Waals surface area contributed by atoms with Crippen molar-refractivity contribution < 1.29 is 4.79 Å². The fraction of sp³-hybridized carbons (Fsp3) is 0.450. The third kappa shape index (κ3) is 2.17. The van der Waals surface area contributed by atoms with Gasteiger partial charge < -0.3 is 5.32 Å². The Hall–Kier alpha value is -1.61. The van der Waals surface area contributed by atoms with Crippen LogP contribution < -0.4 is 5.32 Å². The van der Waals surface area contributed by atoms with E-state index in [0.29, 0.717) is 17.9 Å². The fourth-order valence-electron chi connectivity index (χ4n) is 4.38. The molecule has 120 valence electrons. The van der Waals surface area contributed by atoms with Crippen molar-refractivity contribution >= 4 is 17.2 Å². The molecule has 3 heteroatoms. The molecule has 1 aromatic carbocycles. The molecule has 0 radical (unpaired) electrons. The third-order valence-electron chi connectivity index (χ3n) is 5.93. The predicted molar refractivity (Wildman–Crippen MR) is 95.1 cm³/mol. The summed E-state index contributed by atoms with van der Waals surface area (Å²) in [4.78, 5) is 15.0. The molecule has 4 rings (SSSR count). The molecule has 2 aliphatic carbocycles. The smallest absolute Gasteiger partial charge is 0.261 e. The van der Waals surface area contributed by atoms with E-state index in [9.17, 15) is 4.79 Å². The largest absolute Gasteiger partial charge is 0.347 e. The van der Waals surface area contributed by atoms with Gasteiger partial charge >= 0.3 is 0 Å². The maximum atomic E-state index is 12.7. The number of hydrogen-bond donors (Lipinski definition) is 1. The van der Waals surface area contributed by atoms with E-state index in [4.69, 9.17) is 0 Å². The second-order valence-corrected chi connectivity index (χ2v) is 8.82. The maximum Gasteiger partial charge on any atom is 0.261 e. The minimum absolute atomic E-state index is 0.0988. The first kappa shape index (κ1) is 14.9. The van der Waals surface area contributed by atoms with Crippen molar-refractivity contribution in [2.75, 3.05) is 0 Å². The van der Waals surface area contributed by atoms with Crippen LogP contribution in [0.3, 0.4) is 0 Å². The van der Waals surface area contributed by atoms with E-state index < -0.39 is 0 Å². The minimum Gasteiger partial charge on any atom is -0.347 e. The highest BCUT2D eigenvalue weighted by Gasteiger charge is 2.63. The highest BCUT2D eigenvalue weighted by molar-refractivity contribution is 7.14. The Labute approximate surface area is 141 Å². The molecule has 23 heavy (non-hydrogen) atoms. The van der Waals surface area contributed by atoms with Gasteiger partial charge in [-0.15, -0.1) is 11.3 Å². The molecular weight excluding hydrogens is 302 g/mol. The molecule has 1 aromatic heterocycles. The van der Waals surface area contributed by atoms with E-state index in [2.05, 4.69) is 45.1 Å². The number of rotatable bonds is 3. The number of carbonyl (C=O) groups excluding carboxylic acids is 1. The summed E-state index contributed by atoms with van der Waals surface area (Å²) in [6, 6.07) is 8.22. The summed E-state index contributed by atoms with van der Waals surface area (Å²) in [5.74, 6) is 1.54. The number of thiophene rings is 1. The number of hydrogen-bond acceptors (Lipinski definition) is 2. The summed E-state index contributed by atoms with van der Waals surface area (Å²) in [7, 11) is 0. The van der Waals surface area contributed by atoms with Crippen molar-refractivity contribution in [2.24, 2.45) is 11.3 Å². The van der Waals surface area contributed by atoms with Gasteiger partial charge in [0.1, 0.15) is 0 Å². The zero-order chi connectivity index (χ0) is 16.4. The summed E-state index contributed by atoms with van der Waals surface area (Å²) in [6.07, 6.45) is 1.09. The molecule has 0 spiro atoms. The van der Waals surface area contributed by atoms with Gasteiger partial charge in [-0.2, -0.15) is 0 Å². The Morgan fingerprint density at radius 2 is 2.04 bits per heavy atom. The van der Waals surface area contributed by atoms with Crippen LogP contribution in [0, 0.1) is 25.2 Å². The second-order valence-electron chi connectivity index (χ2n) is 7.60. The van der Waals surface area contributed by atoms with Gasteiger partial charge in [0.2, 0.25) is 0 Å². The summed E-state index contributed by atoms with van der Waals surface area (Å²) in [5, 5.41) is 3.12. The Kier molecular flexibility index (Phi) is 3.21. The lowest BCUT2D eigenvalue weighted by Gasteiger charge is -2.11. The quantitative estimate of drug-likeness (QED) is 0.878. The molecule has 2 aliphatic rings. The number of nitrogens with one attached hydrogen (secondary N) is 1. The van der Waals surface area contributed by atoms with Crippen molar-refractivity contribution in [1.82, 2.24) is 5.32 Å². The van der Waals surface area contributed by atoms with E-state index in [1.807, 2.05) is 12.1 Å². The average molecular weight is 325 g/mol. The lowest BCUT2D eigenvalue weighted by atomic mass is 9.95. The summed E-state index contributed by atoms with van der Waals surface area (Å²) < 4.78 is 0. The number of fused-ring (bicyclic) bond motifs is 3. The molecule has 2 aromatic rings. The van der Waals surface area contributed by atoms with Crippen LogP contribution in [-0.2, 0) is 13.0 Å². The Bertz CT molecular complexity index is 802. The van der Waals surface area contributed by atoms with Crippen LogP contribution in [0.2, 0.25) is 0 Å². The van der Waals surface area contributed by atoms with E-state index >= 15 is 0 Å². The number of benzene rings is 1. The SMILES string of the molecule is Cc1ccccc1CNC(=O)c1sc(C)c2c1C[C@@H]1[C@H]2C1(C)C. The third-order valence-corrected chi connectivity index (χ3v) is 7.09. The normalized spacial score (nSPS) is 23.3. The van der Waals surface area contributed by atoms with E-state index in [0.717, 1.165) is 17.2 Å².